The summed E-state index contributed by atoms with van der Waals surface area (Å²) in [4.78, 5) is 3.32. The molecule has 0 spiro atoms. The molecule has 6 rings (SSSR count). The summed E-state index contributed by atoms with van der Waals surface area (Å²) in [5.74, 6) is 0. The molecule has 4 aromatic rings. The second-order valence-corrected chi connectivity index (χ2v) is 9.03. The van der Waals surface area contributed by atoms with Crippen molar-refractivity contribution in [1.82, 2.24) is 4.98 Å². The Morgan fingerprint density at radius 2 is 1.74 bits per heavy atom. The monoisotopic (exact) mass is 429 g/mol. The fourth-order valence-electron chi connectivity index (χ4n) is 4.75. The van der Waals surface area contributed by atoms with Gasteiger partial charge in [-0.25, -0.2) is 0 Å². The summed E-state index contributed by atoms with van der Waals surface area (Å²) in [7, 11) is -0.867. The molecule has 154 valence electrons. The standard InChI is InChI=1S/C25H21BClNO3/c27-23-12-24-20(11-19(23)15-4-6-18(7-5-15)25(29)8-1-9-25)21(13-28-24)16-2-3-17-14-31-26(30)22(17)10-16/h2-7,10-13,28-30H,1,8-9,14H2. The summed E-state index contributed by atoms with van der Waals surface area (Å²) in [6.07, 6.45) is 4.70. The summed E-state index contributed by atoms with van der Waals surface area (Å²) in [6, 6.07) is 18.2. The minimum atomic E-state index is -0.867. The van der Waals surface area contributed by atoms with Gasteiger partial charge in [0, 0.05) is 28.2 Å². The van der Waals surface area contributed by atoms with Crippen LogP contribution < -0.4 is 5.46 Å². The van der Waals surface area contributed by atoms with Gasteiger partial charge in [-0.1, -0.05) is 54.1 Å². The molecule has 1 aliphatic heterocycles. The molecule has 0 bridgehead atoms. The molecule has 2 heterocycles. The average Bonchev–Trinajstić information content (AvgIpc) is 3.34. The minimum Gasteiger partial charge on any atom is -0.423 e. The summed E-state index contributed by atoms with van der Waals surface area (Å²) in [5.41, 5.74) is 7.15. The van der Waals surface area contributed by atoms with Crippen molar-refractivity contribution in [3.8, 4) is 22.3 Å². The molecule has 1 saturated carbocycles. The zero-order valence-electron chi connectivity index (χ0n) is 16.9. The Labute approximate surface area is 185 Å². The van der Waals surface area contributed by atoms with Gasteiger partial charge in [-0.3, -0.25) is 0 Å². The molecule has 0 unspecified atom stereocenters. The van der Waals surface area contributed by atoms with Crippen LogP contribution in [-0.2, 0) is 16.9 Å². The third-order valence-corrected chi connectivity index (χ3v) is 7.12. The van der Waals surface area contributed by atoms with E-state index in [9.17, 15) is 10.1 Å². The predicted molar refractivity (Wildman–Crippen MR) is 124 cm³/mol. The zero-order valence-corrected chi connectivity index (χ0v) is 17.6. The first-order chi connectivity index (χ1) is 15.0. The molecular weight excluding hydrogens is 409 g/mol. The van der Waals surface area contributed by atoms with E-state index >= 15 is 0 Å². The van der Waals surface area contributed by atoms with Crippen molar-refractivity contribution >= 4 is 35.1 Å². The van der Waals surface area contributed by atoms with E-state index in [4.69, 9.17) is 16.3 Å². The van der Waals surface area contributed by atoms with Crippen LogP contribution in [0.5, 0.6) is 0 Å². The van der Waals surface area contributed by atoms with Crippen LogP contribution in [0.3, 0.4) is 0 Å². The molecule has 6 heteroatoms. The summed E-state index contributed by atoms with van der Waals surface area (Å²) < 4.78 is 5.33. The first-order valence-corrected chi connectivity index (χ1v) is 11.0. The van der Waals surface area contributed by atoms with Crippen molar-refractivity contribution in [2.75, 3.05) is 0 Å². The lowest BCUT2D eigenvalue weighted by Gasteiger charge is -2.37. The number of rotatable bonds is 3. The number of aromatic nitrogens is 1. The molecule has 1 aliphatic carbocycles. The smallest absolute Gasteiger partial charge is 0.423 e. The maximum Gasteiger partial charge on any atom is 0.491 e. The van der Waals surface area contributed by atoms with Crippen LogP contribution in [0.15, 0.2) is 60.8 Å². The van der Waals surface area contributed by atoms with E-state index in [2.05, 4.69) is 17.1 Å². The maximum absolute atomic E-state index is 10.6. The average molecular weight is 430 g/mol. The maximum atomic E-state index is 10.6. The van der Waals surface area contributed by atoms with Gasteiger partial charge < -0.3 is 19.8 Å². The third kappa shape index (κ3) is 3.04. The lowest BCUT2D eigenvalue weighted by atomic mass is 9.75. The number of nitrogens with one attached hydrogen (secondary N) is 1. The summed E-state index contributed by atoms with van der Waals surface area (Å²) >= 11 is 6.64. The van der Waals surface area contributed by atoms with Gasteiger partial charge in [0.2, 0.25) is 0 Å². The number of aromatic amines is 1. The van der Waals surface area contributed by atoms with Crippen molar-refractivity contribution in [2.24, 2.45) is 0 Å². The molecule has 0 radical (unpaired) electrons. The van der Waals surface area contributed by atoms with Crippen molar-refractivity contribution in [2.45, 2.75) is 31.5 Å². The van der Waals surface area contributed by atoms with Crippen molar-refractivity contribution < 1.29 is 14.8 Å². The summed E-state index contributed by atoms with van der Waals surface area (Å²) in [6.45, 7) is 0.440. The Kier molecular flexibility index (Phi) is 4.31. The molecule has 1 aromatic heterocycles. The van der Waals surface area contributed by atoms with E-state index < -0.39 is 12.7 Å². The van der Waals surface area contributed by atoms with Gasteiger partial charge in [0.1, 0.15) is 0 Å². The second-order valence-electron chi connectivity index (χ2n) is 8.62. The Morgan fingerprint density at radius 1 is 0.968 bits per heavy atom. The van der Waals surface area contributed by atoms with E-state index in [0.29, 0.717) is 11.6 Å². The zero-order chi connectivity index (χ0) is 21.2. The van der Waals surface area contributed by atoms with Crippen molar-refractivity contribution in [3.63, 3.8) is 0 Å². The Hall–Kier alpha value is -2.57. The lowest BCUT2D eigenvalue weighted by Crippen LogP contribution is -2.33. The third-order valence-electron chi connectivity index (χ3n) is 6.80. The van der Waals surface area contributed by atoms with Gasteiger partial charge >= 0.3 is 7.12 Å². The Bertz CT molecular complexity index is 1310. The molecule has 4 nitrogen and oxygen atoms in total. The van der Waals surface area contributed by atoms with Crippen LogP contribution in [0, 0.1) is 0 Å². The SMILES string of the molecule is OB1OCc2ccc(-c3c[nH]c4cc(Cl)c(-c5ccc(C6(O)CCC6)cc5)cc34)cc21. The largest absolute Gasteiger partial charge is 0.491 e. The van der Waals surface area contributed by atoms with Crippen LogP contribution >= 0.6 is 11.6 Å². The van der Waals surface area contributed by atoms with E-state index in [-0.39, 0.29) is 0 Å². The number of fused-ring (bicyclic) bond motifs is 2. The molecule has 1 fully saturated rings. The van der Waals surface area contributed by atoms with Crippen molar-refractivity contribution in [1.29, 1.82) is 0 Å². The number of H-pyrrole nitrogens is 1. The summed E-state index contributed by atoms with van der Waals surface area (Å²) in [5, 5.41) is 22.4. The molecule has 0 saturated heterocycles. The molecule has 3 aromatic carbocycles. The van der Waals surface area contributed by atoms with E-state index in [0.717, 1.165) is 69.0 Å². The first-order valence-electron chi connectivity index (χ1n) is 10.6. The Morgan fingerprint density at radius 3 is 2.48 bits per heavy atom. The van der Waals surface area contributed by atoms with Crippen LogP contribution in [0.25, 0.3) is 33.2 Å². The number of hydrogen-bond donors (Lipinski definition) is 3. The van der Waals surface area contributed by atoms with Gasteiger partial charge in [-0.2, -0.15) is 0 Å². The normalized spacial score (nSPS) is 17.1. The fraction of sp³-hybridized carbons (Fsp3) is 0.200. The molecule has 2 aliphatic rings. The highest BCUT2D eigenvalue weighted by Gasteiger charge is 2.36. The first kappa shape index (κ1) is 19.1. The number of aliphatic hydroxyl groups is 1. The van der Waals surface area contributed by atoms with Gasteiger partial charge in [-0.05, 0) is 59.1 Å². The molecule has 31 heavy (non-hydrogen) atoms. The van der Waals surface area contributed by atoms with Gasteiger partial charge in [0.15, 0.2) is 0 Å². The van der Waals surface area contributed by atoms with Crippen LogP contribution in [0.2, 0.25) is 5.02 Å². The fourth-order valence-corrected chi connectivity index (χ4v) is 5.02. The van der Waals surface area contributed by atoms with Crippen molar-refractivity contribution in [3.05, 3.63) is 76.9 Å². The highest BCUT2D eigenvalue weighted by molar-refractivity contribution is 6.61. The lowest BCUT2D eigenvalue weighted by molar-refractivity contribution is -0.0387. The highest BCUT2D eigenvalue weighted by Crippen LogP contribution is 2.42. The molecule has 0 amide bonds. The van der Waals surface area contributed by atoms with Crippen LogP contribution in [0.1, 0.15) is 30.4 Å². The number of halogens is 1. The Balaban J connectivity index is 1.43. The van der Waals surface area contributed by atoms with E-state index in [1.165, 1.54) is 0 Å². The predicted octanol–water partition coefficient (Wildman–Crippen LogP) is 4.74. The van der Waals surface area contributed by atoms with Crippen LogP contribution in [0.4, 0.5) is 0 Å². The van der Waals surface area contributed by atoms with E-state index in [1.54, 1.807) is 0 Å². The van der Waals surface area contributed by atoms with Crippen LogP contribution in [-0.4, -0.2) is 22.2 Å². The van der Waals surface area contributed by atoms with Gasteiger partial charge in [-0.15, -0.1) is 0 Å². The second kappa shape index (κ2) is 6.97. The minimum absolute atomic E-state index is 0.440. The quantitative estimate of drug-likeness (QED) is 0.412. The molecule has 0 atom stereocenters. The molecule has 3 N–H and O–H groups in total. The molecular formula is C25H21BClNO3. The number of hydrogen-bond acceptors (Lipinski definition) is 3. The van der Waals surface area contributed by atoms with Gasteiger partial charge in [0.25, 0.3) is 0 Å². The highest BCUT2D eigenvalue weighted by atomic mass is 35.5. The van der Waals surface area contributed by atoms with E-state index in [1.807, 2.05) is 48.7 Å². The topological polar surface area (TPSA) is 65.5 Å². The van der Waals surface area contributed by atoms with Gasteiger partial charge in [0.05, 0.1) is 17.2 Å². The number of benzene rings is 3.